The number of carbonyl (C=O) groups excluding carboxylic acids is 2. The van der Waals surface area contributed by atoms with Gasteiger partial charge in [0.1, 0.15) is 24.2 Å². The lowest BCUT2D eigenvalue weighted by atomic mass is 9.83. The second kappa shape index (κ2) is 28.7. The van der Waals surface area contributed by atoms with Crippen molar-refractivity contribution in [3.8, 4) is 17.0 Å². The predicted octanol–water partition coefficient (Wildman–Crippen LogP) is 6.46. The predicted molar refractivity (Wildman–Crippen MR) is 289 cm³/mol. The fourth-order valence-electron chi connectivity index (χ4n) is 11.2. The summed E-state index contributed by atoms with van der Waals surface area (Å²) >= 11 is 0. The van der Waals surface area contributed by atoms with Gasteiger partial charge in [-0.05, 0) is 119 Å². The Balaban J connectivity index is 0.629. The van der Waals surface area contributed by atoms with E-state index >= 15 is 0 Å². The summed E-state index contributed by atoms with van der Waals surface area (Å²) in [6, 6.07) is 20.4. The van der Waals surface area contributed by atoms with E-state index in [-0.39, 0.29) is 35.9 Å². The summed E-state index contributed by atoms with van der Waals surface area (Å²) in [5, 5.41) is 14.5. The number of rotatable bonds is 28. The summed E-state index contributed by atoms with van der Waals surface area (Å²) in [6.45, 7) is 10.3. The number of likely N-dealkylation sites (tertiary alicyclic amines) is 2. The van der Waals surface area contributed by atoms with Crippen LogP contribution in [0.3, 0.4) is 0 Å². The first-order valence-corrected chi connectivity index (χ1v) is 27.7. The Kier molecular flexibility index (Phi) is 21.3. The van der Waals surface area contributed by atoms with Gasteiger partial charge >= 0.3 is 0 Å². The highest BCUT2D eigenvalue weighted by molar-refractivity contribution is 5.90. The van der Waals surface area contributed by atoms with Crippen molar-refractivity contribution in [2.45, 2.75) is 121 Å². The van der Waals surface area contributed by atoms with Gasteiger partial charge in [0.2, 0.25) is 17.8 Å². The third kappa shape index (κ3) is 15.9. The Hall–Kier alpha value is -5.17. The molecule has 2 saturated heterocycles. The number of hydrogen-bond donors (Lipinski definition) is 3. The Morgan fingerprint density at radius 3 is 2.20 bits per heavy atom. The molecule has 0 bridgehead atoms. The Bertz CT molecular complexity index is 2290. The van der Waals surface area contributed by atoms with Gasteiger partial charge in [0.05, 0.1) is 82.4 Å². The van der Waals surface area contributed by atoms with Crippen LogP contribution in [0.5, 0.6) is 5.75 Å². The number of fused-ring (bicyclic) bond motifs is 1. The van der Waals surface area contributed by atoms with Gasteiger partial charge in [-0.1, -0.05) is 61.7 Å². The SMILES string of the molecule is CN[C@@H](C)C(=O)N[C@H](C(=O)N1CCC2CCN(CCc3ccc(OCCOCCOCCOCCO[C@H]4CC[C@H](Nc5nccc(-c6cnn(Cc7ccccc7)c6N(C)C)n5)CC4)cc3)CC21)C1CCCCC1. The van der Waals surface area contributed by atoms with E-state index in [0.717, 1.165) is 120 Å². The number of nitrogens with zero attached hydrogens (tertiary/aromatic N) is 7. The first kappa shape index (κ1) is 55.1. The molecule has 17 heteroatoms. The largest absolute Gasteiger partial charge is 0.491 e. The minimum atomic E-state index is -0.433. The van der Waals surface area contributed by atoms with Crippen molar-refractivity contribution in [1.29, 1.82) is 0 Å². The fourth-order valence-corrected chi connectivity index (χ4v) is 11.2. The number of ether oxygens (including phenoxy) is 5. The molecule has 2 unspecified atom stereocenters. The van der Waals surface area contributed by atoms with E-state index in [4.69, 9.17) is 33.8 Å². The smallest absolute Gasteiger partial charge is 0.245 e. The van der Waals surface area contributed by atoms with E-state index in [1.165, 1.54) is 17.5 Å². The van der Waals surface area contributed by atoms with Gasteiger partial charge in [0, 0.05) is 52.0 Å². The van der Waals surface area contributed by atoms with Crippen LogP contribution in [0.15, 0.2) is 73.1 Å². The number of likely N-dealkylation sites (N-methyl/N-ethyl adjacent to an activating group) is 1. The van der Waals surface area contributed by atoms with E-state index in [9.17, 15) is 9.59 Å². The monoisotopic (exact) mass is 1020 g/mol. The molecule has 3 N–H and O–H groups in total. The van der Waals surface area contributed by atoms with Crippen molar-refractivity contribution in [2.24, 2.45) is 11.8 Å². The van der Waals surface area contributed by atoms with Crippen LogP contribution in [0, 0.1) is 11.8 Å². The van der Waals surface area contributed by atoms with E-state index in [1.807, 2.05) is 62.4 Å². The van der Waals surface area contributed by atoms with Gasteiger partial charge in [-0.2, -0.15) is 5.10 Å². The lowest BCUT2D eigenvalue weighted by Crippen LogP contribution is -2.58. The van der Waals surface area contributed by atoms with Crippen LogP contribution < -0.4 is 25.6 Å². The normalized spacial score (nSPS) is 21.2. The molecular weight excluding hydrogens is 937 g/mol. The molecule has 4 fully saturated rings. The molecule has 4 atom stereocenters. The van der Waals surface area contributed by atoms with E-state index in [2.05, 4.69) is 72.0 Å². The first-order valence-electron chi connectivity index (χ1n) is 27.7. The molecule has 8 rings (SSSR count). The maximum atomic E-state index is 14.2. The molecule has 2 saturated carbocycles. The molecule has 4 aromatic rings. The number of anilines is 2. The van der Waals surface area contributed by atoms with Crippen molar-refractivity contribution in [2.75, 3.05) is 110 Å². The quantitative estimate of drug-likeness (QED) is 0.0530. The lowest BCUT2D eigenvalue weighted by molar-refractivity contribution is -0.140. The van der Waals surface area contributed by atoms with Gasteiger partial charge in [-0.3, -0.25) is 9.59 Å². The molecule has 2 amide bonds. The molecule has 17 nitrogen and oxygen atoms in total. The molecule has 2 aliphatic carbocycles. The molecule has 2 aromatic carbocycles. The van der Waals surface area contributed by atoms with Crippen molar-refractivity contribution in [1.82, 2.24) is 40.2 Å². The molecule has 2 aliphatic heterocycles. The summed E-state index contributed by atoms with van der Waals surface area (Å²) in [5.41, 5.74) is 4.28. The van der Waals surface area contributed by atoms with E-state index in [0.29, 0.717) is 77.3 Å². The van der Waals surface area contributed by atoms with Gasteiger partial charge in [-0.25, -0.2) is 14.6 Å². The zero-order valence-electron chi connectivity index (χ0n) is 44.6. The fraction of sp³-hybridized carbons (Fsp3) is 0.632. The van der Waals surface area contributed by atoms with E-state index in [1.54, 1.807) is 7.05 Å². The number of piperidine rings is 1. The average Bonchev–Trinajstić information content (AvgIpc) is 4.06. The first-order chi connectivity index (χ1) is 36.2. The molecule has 4 heterocycles. The van der Waals surface area contributed by atoms with E-state index < -0.39 is 6.04 Å². The molecular formula is C57H84N10O7. The summed E-state index contributed by atoms with van der Waals surface area (Å²) in [4.78, 5) is 43.4. The Morgan fingerprint density at radius 2 is 1.49 bits per heavy atom. The zero-order chi connectivity index (χ0) is 51.5. The number of hydrogen-bond acceptors (Lipinski definition) is 14. The number of carbonyl (C=O) groups is 2. The molecule has 74 heavy (non-hydrogen) atoms. The third-order valence-corrected chi connectivity index (χ3v) is 15.6. The summed E-state index contributed by atoms with van der Waals surface area (Å²) in [5.74, 6) is 3.26. The number of aromatic nitrogens is 4. The number of amides is 2. The average molecular weight is 1020 g/mol. The van der Waals surface area contributed by atoms with Crippen LogP contribution in [0.4, 0.5) is 11.8 Å². The minimum absolute atomic E-state index is 0.0882. The Labute approximate surface area is 439 Å². The number of benzene rings is 2. The number of nitrogens with one attached hydrogen (secondary N) is 3. The molecule has 2 aromatic heterocycles. The van der Waals surface area contributed by atoms with Crippen LogP contribution in [0.1, 0.15) is 88.7 Å². The van der Waals surface area contributed by atoms with Crippen LogP contribution >= 0.6 is 0 Å². The maximum absolute atomic E-state index is 14.2. The van der Waals surface area contributed by atoms with Crippen LogP contribution in [0.25, 0.3) is 11.3 Å². The van der Waals surface area contributed by atoms with Crippen molar-refractivity contribution < 1.29 is 33.3 Å². The summed E-state index contributed by atoms with van der Waals surface area (Å²) < 4.78 is 31.3. The molecule has 0 spiro atoms. The van der Waals surface area contributed by atoms with Crippen LogP contribution in [-0.2, 0) is 41.5 Å². The zero-order valence-corrected chi connectivity index (χ0v) is 44.6. The highest BCUT2D eigenvalue weighted by Crippen LogP contribution is 2.35. The van der Waals surface area contributed by atoms with Crippen molar-refractivity contribution in [3.05, 3.63) is 84.2 Å². The van der Waals surface area contributed by atoms with Crippen LogP contribution in [0.2, 0.25) is 0 Å². The molecule has 4 aliphatic rings. The lowest BCUT2D eigenvalue weighted by Gasteiger charge is -2.41. The third-order valence-electron chi connectivity index (χ3n) is 15.6. The van der Waals surface area contributed by atoms with Gasteiger partial charge in [0.15, 0.2) is 0 Å². The van der Waals surface area contributed by atoms with Crippen LogP contribution in [-0.4, -0.2) is 172 Å². The van der Waals surface area contributed by atoms with Gasteiger partial charge in [0.25, 0.3) is 0 Å². The maximum Gasteiger partial charge on any atom is 0.245 e. The molecule has 0 radical (unpaired) electrons. The second-order valence-electron chi connectivity index (χ2n) is 20.9. The van der Waals surface area contributed by atoms with Gasteiger partial charge in [-0.15, -0.1) is 0 Å². The standard InChI is InChI=1S/C57H84N10O7/c1-42(58-2)54(68)63-53(46-13-9-6-10-14-46)56(69)66-30-26-45-25-29-65(41-52(45)66)28-24-43-15-19-48(20-16-43)73-37-35-71-33-31-70-32-34-72-36-38-74-49-21-17-47(18-22-49)61-57-59-27-23-51(62-57)50-39-60-67(55(50)64(3)4)40-44-11-7-5-8-12-44/h5,7-8,11-12,15-16,19-20,23,27,39,42,45-47,49,52-53,58H,6,9-10,13-14,17-18,21-22,24-26,28-38,40-41H2,1-4H3,(H,63,68)(H,59,61,62)/t42-,45?,47-,49-,52?,53-/m0/s1. The van der Waals surface area contributed by atoms with Gasteiger partial charge < -0.3 is 54.3 Å². The van der Waals surface area contributed by atoms with Crippen molar-refractivity contribution >= 4 is 23.6 Å². The highest BCUT2D eigenvalue weighted by atomic mass is 16.6. The summed E-state index contributed by atoms with van der Waals surface area (Å²) in [7, 11) is 5.86. The summed E-state index contributed by atoms with van der Waals surface area (Å²) in [6.07, 6.45) is 16.4. The Morgan fingerprint density at radius 1 is 0.784 bits per heavy atom. The topological polar surface area (TPSA) is 170 Å². The highest BCUT2D eigenvalue weighted by Gasteiger charge is 2.44. The van der Waals surface area contributed by atoms with Crippen molar-refractivity contribution in [3.63, 3.8) is 0 Å². The second-order valence-corrected chi connectivity index (χ2v) is 20.9. The molecule has 404 valence electrons. The minimum Gasteiger partial charge on any atom is -0.491 e.